The van der Waals surface area contributed by atoms with Crippen molar-refractivity contribution < 1.29 is 27.8 Å². The molecule has 0 unspecified atom stereocenters. The zero-order valence-electron chi connectivity index (χ0n) is 21.8. The van der Waals surface area contributed by atoms with Crippen molar-refractivity contribution in [3.05, 3.63) is 59.2 Å². The van der Waals surface area contributed by atoms with Gasteiger partial charge >= 0.3 is 0 Å². The van der Waals surface area contributed by atoms with E-state index in [1.165, 1.54) is 6.07 Å². The third-order valence-corrected chi connectivity index (χ3v) is 7.17. The number of halogens is 2. The molecule has 3 atom stereocenters. The minimum absolute atomic E-state index is 0.0155. The molecule has 1 heterocycles. The predicted molar refractivity (Wildman–Crippen MR) is 136 cm³/mol. The molecule has 1 saturated carbocycles. The molecule has 7 nitrogen and oxygen atoms in total. The number of anilines is 1. The van der Waals surface area contributed by atoms with E-state index in [9.17, 15) is 18.4 Å². The number of carbonyl (C=O) groups is 2. The number of rotatable bonds is 5. The molecule has 200 valence electrons. The van der Waals surface area contributed by atoms with E-state index in [-0.39, 0.29) is 54.5 Å². The van der Waals surface area contributed by atoms with E-state index in [0.717, 1.165) is 25.0 Å². The average molecular weight is 516 g/mol. The van der Waals surface area contributed by atoms with Crippen molar-refractivity contribution >= 4 is 17.5 Å². The third-order valence-electron chi connectivity index (χ3n) is 7.17. The zero-order valence-corrected chi connectivity index (χ0v) is 21.8. The summed E-state index contributed by atoms with van der Waals surface area (Å²) in [5.74, 6) is -0.827. The van der Waals surface area contributed by atoms with Gasteiger partial charge in [0.2, 0.25) is 5.91 Å². The molecule has 9 heteroatoms. The Balaban J connectivity index is 1.64. The number of carbonyl (C=O) groups excluding carboxylic acids is 2. The summed E-state index contributed by atoms with van der Waals surface area (Å²) in [5, 5.41) is 2.90. The maximum Gasteiger partial charge on any atom is 0.257 e. The molecular weight excluding hydrogens is 480 g/mol. The molecule has 37 heavy (non-hydrogen) atoms. The van der Waals surface area contributed by atoms with E-state index in [2.05, 4.69) is 5.32 Å². The van der Waals surface area contributed by atoms with Gasteiger partial charge in [-0.05, 0) is 56.0 Å². The van der Waals surface area contributed by atoms with Crippen LogP contribution in [0.1, 0.15) is 42.6 Å². The van der Waals surface area contributed by atoms with Gasteiger partial charge in [0.05, 0.1) is 11.7 Å². The molecule has 0 aromatic heterocycles. The predicted octanol–water partition coefficient (Wildman–Crippen LogP) is 4.32. The Morgan fingerprint density at radius 3 is 2.59 bits per heavy atom. The Morgan fingerprint density at radius 1 is 1.14 bits per heavy atom. The largest absolute Gasteiger partial charge is 0.491 e. The first kappa shape index (κ1) is 27.0. The summed E-state index contributed by atoms with van der Waals surface area (Å²) in [6, 6.07) is 8.30. The number of hydrogen-bond donors (Lipinski definition) is 1. The molecule has 0 bridgehead atoms. The number of nitrogens with zero attached hydrogens (tertiary/aromatic N) is 2. The number of methoxy groups -OCH3 is 1. The van der Waals surface area contributed by atoms with Crippen molar-refractivity contribution in [1.29, 1.82) is 0 Å². The highest BCUT2D eigenvalue weighted by atomic mass is 19.1. The molecular formula is C28H35F2N3O4. The van der Waals surface area contributed by atoms with E-state index in [1.54, 1.807) is 37.3 Å². The van der Waals surface area contributed by atoms with E-state index in [4.69, 9.17) is 9.47 Å². The van der Waals surface area contributed by atoms with Gasteiger partial charge in [0.25, 0.3) is 5.91 Å². The first-order valence-electron chi connectivity index (χ1n) is 12.7. The lowest BCUT2D eigenvalue weighted by Crippen LogP contribution is -2.46. The highest BCUT2D eigenvalue weighted by molar-refractivity contribution is 5.99. The van der Waals surface area contributed by atoms with Gasteiger partial charge in [0, 0.05) is 63.1 Å². The summed E-state index contributed by atoms with van der Waals surface area (Å²) in [6.45, 7) is 5.21. The molecule has 0 radical (unpaired) electrons. The maximum absolute atomic E-state index is 14.5. The van der Waals surface area contributed by atoms with Crippen LogP contribution in [-0.4, -0.2) is 67.6 Å². The molecule has 1 N–H and O–H groups in total. The Bertz CT molecular complexity index is 1140. The zero-order chi connectivity index (χ0) is 26.7. The quantitative estimate of drug-likeness (QED) is 0.642. The normalized spacial score (nSPS) is 23.5. The van der Waals surface area contributed by atoms with Crippen LogP contribution in [0.25, 0.3) is 0 Å². The highest BCUT2D eigenvalue weighted by Gasteiger charge is 2.31. The van der Waals surface area contributed by atoms with Crippen LogP contribution in [0.2, 0.25) is 0 Å². The highest BCUT2D eigenvalue weighted by Crippen LogP contribution is 2.32. The fraction of sp³-hybridized carbons (Fsp3) is 0.500. The minimum atomic E-state index is -0.493. The topological polar surface area (TPSA) is 71.1 Å². The first-order chi connectivity index (χ1) is 17.7. The number of hydrogen-bond acceptors (Lipinski definition) is 5. The van der Waals surface area contributed by atoms with Gasteiger partial charge in [-0.15, -0.1) is 0 Å². The second-order valence-electron chi connectivity index (χ2n) is 10.2. The van der Waals surface area contributed by atoms with E-state index < -0.39 is 11.6 Å². The number of amides is 2. The number of likely N-dealkylation sites (N-methyl/N-ethyl adjacent to an activating group) is 1. The standard InChI is InChI=1S/C28H35F2N3O4/c1-17-13-33(14-20-11-21(29)7-10-24(20)30)18(2)16-37-25-12-22(31-27(34)19-5-6-19)8-9-23(25)28(35)32(3)15-26(17)36-4/h7-12,17-19,26H,5-6,13-16H2,1-4H3,(H,31,34)/t17-,18+,26-/m1/s1. The lowest BCUT2D eigenvalue weighted by molar-refractivity contribution is -0.117. The van der Waals surface area contributed by atoms with Gasteiger partial charge in [-0.1, -0.05) is 6.92 Å². The molecule has 4 rings (SSSR count). The Morgan fingerprint density at radius 2 is 1.89 bits per heavy atom. The monoisotopic (exact) mass is 515 g/mol. The molecule has 1 aliphatic carbocycles. The summed E-state index contributed by atoms with van der Waals surface area (Å²) >= 11 is 0. The molecule has 2 aromatic rings. The lowest BCUT2D eigenvalue weighted by atomic mass is 10.0. The Hall–Kier alpha value is -3.04. The number of nitrogens with one attached hydrogen (secondary N) is 1. The second-order valence-corrected chi connectivity index (χ2v) is 10.2. The molecule has 0 saturated heterocycles. The summed E-state index contributed by atoms with van der Waals surface area (Å²) < 4.78 is 40.3. The number of benzene rings is 2. The van der Waals surface area contributed by atoms with Gasteiger partial charge in [-0.2, -0.15) is 0 Å². The number of ether oxygens (including phenoxy) is 2. The SMILES string of the molecule is CO[C@@H]1CN(C)C(=O)c2ccc(NC(=O)C3CC3)cc2OC[C@H](C)N(Cc2cc(F)ccc2F)C[C@H]1C. The van der Waals surface area contributed by atoms with E-state index >= 15 is 0 Å². The Kier molecular flexibility index (Phi) is 8.44. The van der Waals surface area contributed by atoms with Crippen molar-refractivity contribution in [2.24, 2.45) is 11.8 Å². The van der Waals surface area contributed by atoms with Crippen molar-refractivity contribution in [3.8, 4) is 5.75 Å². The van der Waals surface area contributed by atoms with Crippen molar-refractivity contribution in [2.45, 2.75) is 45.4 Å². The van der Waals surface area contributed by atoms with Crippen molar-refractivity contribution in [1.82, 2.24) is 9.80 Å². The summed E-state index contributed by atoms with van der Waals surface area (Å²) in [7, 11) is 3.32. The van der Waals surface area contributed by atoms with Gasteiger partial charge in [-0.3, -0.25) is 14.5 Å². The van der Waals surface area contributed by atoms with Gasteiger partial charge in [0.15, 0.2) is 0 Å². The summed E-state index contributed by atoms with van der Waals surface area (Å²) in [4.78, 5) is 29.3. The van der Waals surface area contributed by atoms with Crippen LogP contribution in [0.5, 0.6) is 5.75 Å². The minimum Gasteiger partial charge on any atom is -0.491 e. The van der Waals surface area contributed by atoms with E-state index in [1.807, 2.05) is 18.7 Å². The van der Waals surface area contributed by atoms with E-state index in [0.29, 0.717) is 30.1 Å². The fourth-order valence-electron chi connectivity index (χ4n) is 4.62. The smallest absolute Gasteiger partial charge is 0.257 e. The van der Waals surface area contributed by atoms with Gasteiger partial charge < -0.3 is 19.7 Å². The van der Waals surface area contributed by atoms with Crippen LogP contribution in [-0.2, 0) is 16.1 Å². The van der Waals surface area contributed by atoms with Crippen LogP contribution < -0.4 is 10.1 Å². The van der Waals surface area contributed by atoms with Crippen LogP contribution in [0.3, 0.4) is 0 Å². The molecule has 2 aromatic carbocycles. The van der Waals surface area contributed by atoms with Crippen LogP contribution in [0.15, 0.2) is 36.4 Å². The fourth-order valence-corrected chi connectivity index (χ4v) is 4.62. The first-order valence-corrected chi connectivity index (χ1v) is 12.7. The lowest BCUT2D eigenvalue weighted by Gasteiger charge is -2.36. The molecule has 1 fully saturated rings. The molecule has 2 amide bonds. The van der Waals surface area contributed by atoms with Crippen molar-refractivity contribution in [3.63, 3.8) is 0 Å². The Labute approximate surface area is 216 Å². The van der Waals surface area contributed by atoms with Crippen molar-refractivity contribution in [2.75, 3.05) is 39.2 Å². The molecule has 0 spiro atoms. The van der Waals surface area contributed by atoms with Crippen LogP contribution >= 0.6 is 0 Å². The second kappa shape index (κ2) is 11.6. The summed E-state index contributed by atoms with van der Waals surface area (Å²) in [5.41, 5.74) is 1.20. The molecule has 2 aliphatic rings. The maximum atomic E-state index is 14.5. The van der Waals surface area contributed by atoms with Crippen LogP contribution in [0.4, 0.5) is 14.5 Å². The van der Waals surface area contributed by atoms with Crippen LogP contribution in [0, 0.1) is 23.5 Å². The summed E-state index contributed by atoms with van der Waals surface area (Å²) in [6.07, 6.45) is 1.49. The van der Waals surface area contributed by atoms with Gasteiger partial charge in [0.1, 0.15) is 24.0 Å². The van der Waals surface area contributed by atoms with Gasteiger partial charge in [-0.25, -0.2) is 8.78 Å². The average Bonchev–Trinajstić information content (AvgIpc) is 3.72. The third kappa shape index (κ3) is 6.64. The molecule has 1 aliphatic heterocycles. The number of fused-ring (bicyclic) bond motifs is 1.